The van der Waals surface area contributed by atoms with Crippen LogP contribution in [0.3, 0.4) is 0 Å². The minimum absolute atomic E-state index is 0.258. The maximum atomic E-state index is 6.20. The molecule has 0 N–H and O–H groups in total. The van der Waals surface area contributed by atoms with E-state index < -0.39 is 0 Å². The van der Waals surface area contributed by atoms with Gasteiger partial charge in [0.1, 0.15) is 0 Å². The fraction of sp³-hybridized carbons (Fsp3) is 0.684. The number of rotatable bonds is 2. The lowest BCUT2D eigenvalue weighted by Crippen LogP contribution is -2.41. The first-order valence-electron chi connectivity index (χ1n) is 8.84. The first-order valence-corrected chi connectivity index (χ1v) is 8.84. The molecule has 0 radical (unpaired) electrons. The molecular formula is C19H30BNO2. The molecular weight excluding hydrogens is 285 g/mol. The third-order valence-corrected chi connectivity index (χ3v) is 5.99. The highest BCUT2D eigenvalue weighted by atomic mass is 16.7. The van der Waals surface area contributed by atoms with Crippen LogP contribution in [0.2, 0.25) is 0 Å². The van der Waals surface area contributed by atoms with Crippen molar-refractivity contribution in [1.82, 2.24) is 4.90 Å². The quantitative estimate of drug-likeness (QED) is 0.783. The van der Waals surface area contributed by atoms with Gasteiger partial charge in [0.25, 0.3) is 0 Å². The van der Waals surface area contributed by atoms with Crippen molar-refractivity contribution in [3.63, 3.8) is 0 Å². The third-order valence-electron chi connectivity index (χ3n) is 5.99. The average Bonchev–Trinajstić information content (AvgIpc) is 2.68. The van der Waals surface area contributed by atoms with Gasteiger partial charge in [0.2, 0.25) is 0 Å². The topological polar surface area (TPSA) is 21.7 Å². The maximum Gasteiger partial charge on any atom is 0.495 e. The van der Waals surface area contributed by atoms with Gasteiger partial charge in [-0.2, -0.15) is 0 Å². The summed E-state index contributed by atoms with van der Waals surface area (Å²) < 4.78 is 12.4. The van der Waals surface area contributed by atoms with Crippen LogP contribution in [-0.2, 0) is 9.31 Å². The van der Waals surface area contributed by atoms with Crippen LogP contribution in [0.15, 0.2) is 18.2 Å². The van der Waals surface area contributed by atoms with E-state index in [9.17, 15) is 0 Å². The van der Waals surface area contributed by atoms with Crippen LogP contribution in [0, 0.1) is 6.92 Å². The minimum atomic E-state index is -0.281. The van der Waals surface area contributed by atoms with Crippen LogP contribution in [-0.4, -0.2) is 43.4 Å². The summed E-state index contributed by atoms with van der Waals surface area (Å²) in [5, 5.41) is 0. The second kappa shape index (κ2) is 5.91. The summed E-state index contributed by atoms with van der Waals surface area (Å²) in [6.45, 7) is 13.0. The van der Waals surface area contributed by atoms with E-state index in [0.29, 0.717) is 5.92 Å². The van der Waals surface area contributed by atoms with E-state index in [1.807, 2.05) is 0 Å². The maximum absolute atomic E-state index is 6.20. The molecule has 3 rings (SSSR count). The molecule has 0 aliphatic carbocycles. The highest BCUT2D eigenvalue weighted by molar-refractivity contribution is 6.62. The number of hydrogen-bond donors (Lipinski definition) is 0. The first kappa shape index (κ1) is 17.0. The van der Waals surface area contributed by atoms with Gasteiger partial charge in [-0.05, 0) is 84.5 Å². The molecule has 4 heteroatoms. The Hall–Kier alpha value is -0.835. The van der Waals surface area contributed by atoms with Crippen molar-refractivity contribution in [2.24, 2.45) is 0 Å². The molecule has 0 aromatic heterocycles. The monoisotopic (exact) mass is 315 g/mol. The molecule has 126 valence electrons. The van der Waals surface area contributed by atoms with E-state index in [1.165, 1.54) is 42.5 Å². The highest BCUT2D eigenvalue weighted by Crippen LogP contribution is 2.37. The van der Waals surface area contributed by atoms with Gasteiger partial charge in [-0.3, -0.25) is 0 Å². The number of aryl methyl sites for hydroxylation is 1. The third kappa shape index (κ3) is 3.22. The standard InChI is InChI=1S/C19H30BNO2/c1-14-13-16(15-9-11-21(6)12-10-15)7-8-17(14)20-22-18(2,3)19(4,5)23-20/h7-8,13,15H,9-12H2,1-6H3. The van der Waals surface area contributed by atoms with Gasteiger partial charge in [-0.25, -0.2) is 0 Å². The van der Waals surface area contributed by atoms with Gasteiger partial charge in [-0.1, -0.05) is 23.8 Å². The second-order valence-corrected chi connectivity index (χ2v) is 8.28. The highest BCUT2D eigenvalue weighted by Gasteiger charge is 2.52. The summed E-state index contributed by atoms with van der Waals surface area (Å²) in [6.07, 6.45) is 2.51. The normalized spacial score (nSPS) is 25.0. The Bertz CT molecular complexity index is 561. The van der Waals surface area contributed by atoms with Crippen LogP contribution in [0.4, 0.5) is 0 Å². The van der Waals surface area contributed by atoms with Crippen molar-refractivity contribution < 1.29 is 9.31 Å². The molecule has 1 aromatic rings. The summed E-state index contributed by atoms with van der Waals surface area (Å²) in [4.78, 5) is 2.42. The SMILES string of the molecule is Cc1cc(C2CCN(C)CC2)ccc1B1OC(C)(C)C(C)(C)O1. The molecule has 0 spiro atoms. The average molecular weight is 315 g/mol. The molecule has 0 atom stereocenters. The molecule has 0 saturated carbocycles. The summed E-state index contributed by atoms with van der Waals surface area (Å²) in [5.41, 5.74) is 3.35. The van der Waals surface area contributed by atoms with Crippen molar-refractivity contribution in [3.8, 4) is 0 Å². The molecule has 23 heavy (non-hydrogen) atoms. The number of piperidine rings is 1. The van der Waals surface area contributed by atoms with Crippen molar-refractivity contribution in [2.45, 2.75) is 64.6 Å². The van der Waals surface area contributed by atoms with Crippen LogP contribution in [0.1, 0.15) is 57.6 Å². The molecule has 2 aliphatic heterocycles. The van der Waals surface area contributed by atoms with Gasteiger partial charge in [0.05, 0.1) is 11.2 Å². The fourth-order valence-electron chi connectivity index (χ4n) is 3.53. The van der Waals surface area contributed by atoms with Crippen molar-refractivity contribution in [2.75, 3.05) is 20.1 Å². The zero-order chi connectivity index (χ0) is 16.8. The van der Waals surface area contributed by atoms with Crippen molar-refractivity contribution in [1.29, 1.82) is 0 Å². The van der Waals surface area contributed by atoms with Crippen molar-refractivity contribution in [3.05, 3.63) is 29.3 Å². The first-order chi connectivity index (χ1) is 10.7. The molecule has 0 bridgehead atoms. The Balaban J connectivity index is 1.78. The number of likely N-dealkylation sites (tertiary alicyclic amines) is 1. The Labute approximate surface area is 141 Å². The molecule has 3 nitrogen and oxygen atoms in total. The summed E-state index contributed by atoms with van der Waals surface area (Å²) in [7, 11) is 1.95. The van der Waals surface area contributed by atoms with Gasteiger partial charge < -0.3 is 14.2 Å². The van der Waals surface area contributed by atoms with Crippen LogP contribution >= 0.6 is 0 Å². The minimum Gasteiger partial charge on any atom is -0.399 e. The van der Waals surface area contributed by atoms with E-state index >= 15 is 0 Å². The predicted octanol–water partition coefficient (Wildman–Crippen LogP) is 3.10. The smallest absolute Gasteiger partial charge is 0.399 e. The van der Waals surface area contributed by atoms with Crippen LogP contribution in [0.25, 0.3) is 0 Å². The number of nitrogens with zero attached hydrogens (tertiary/aromatic N) is 1. The van der Waals surface area contributed by atoms with Crippen molar-refractivity contribution >= 4 is 12.6 Å². The molecule has 2 aliphatic rings. The zero-order valence-corrected chi connectivity index (χ0v) is 15.5. The fourth-order valence-corrected chi connectivity index (χ4v) is 3.53. The van der Waals surface area contributed by atoms with Gasteiger partial charge in [0, 0.05) is 0 Å². The Kier molecular flexibility index (Phi) is 4.37. The Morgan fingerprint density at radius 2 is 1.61 bits per heavy atom. The number of benzene rings is 1. The molecule has 0 amide bonds. The van der Waals surface area contributed by atoms with Crippen LogP contribution in [0.5, 0.6) is 0 Å². The Morgan fingerprint density at radius 3 is 2.13 bits per heavy atom. The molecule has 2 heterocycles. The van der Waals surface area contributed by atoms with E-state index in [2.05, 4.69) is 64.8 Å². The lowest BCUT2D eigenvalue weighted by atomic mass is 9.74. The lowest BCUT2D eigenvalue weighted by molar-refractivity contribution is 0.00578. The molecule has 0 unspecified atom stereocenters. The van der Waals surface area contributed by atoms with Gasteiger partial charge in [0.15, 0.2) is 0 Å². The summed E-state index contributed by atoms with van der Waals surface area (Å²) >= 11 is 0. The van der Waals surface area contributed by atoms with E-state index in [-0.39, 0.29) is 18.3 Å². The summed E-state index contributed by atoms with van der Waals surface area (Å²) in [6, 6.07) is 6.84. The van der Waals surface area contributed by atoms with E-state index in [1.54, 1.807) is 0 Å². The lowest BCUT2D eigenvalue weighted by Gasteiger charge is -2.32. The molecule has 2 saturated heterocycles. The Morgan fingerprint density at radius 1 is 1.04 bits per heavy atom. The second-order valence-electron chi connectivity index (χ2n) is 8.28. The largest absolute Gasteiger partial charge is 0.495 e. The van der Waals surface area contributed by atoms with E-state index in [4.69, 9.17) is 9.31 Å². The number of hydrogen-bond acceptors (Lipinski definition) is 3. The predicted molar refractivity (Wildman–Crippen MR) is 96.4 cm³/mol. The van der Waals surface area contributed by atoms with Gasteiger partial charge in [-0.15, -0.1) is 0 Å². The van der Waals surface area contributed by atoms with Crippen LogP contribution < -0.4 is 5.46 Å². The summed E-state index contributed by atoms with van der Waals surface area (Å²) in [5.74, 6) is 0.692. The van der Waals surface area contributed by atoms with Gasteiger partial charge >= 0.3 is 7.12 Å². The van der Waals surface area contributed by atoms with E-state index in [0.717, 1.165) is 0 Å². The molecule has 1 aromatic carbocycles. The molecule has 2 fully saturated rings. The zero-order valence-electron chi connectivity index (χ0n) is 15.5.